The Bertz CT molecular complexity index is 506. The zero-order valence-corrected chi connectivity index (χ0v) is 16.7. The number of halogens is 1. The van der Waals surface area contributed by atoms with Crippen LogP contribution in [-0.4, -0.2) is 43.8 Å². The Morgan fingerprint density at radius 3 is 2.65 bits per heavy atom. The molecule has 0 spiro atoms. The van der Waals surface area contributed by atoms with Crippen LogP contribution >= 0.6 is 12.4 Å². The van der Waals surface area contributed by atoms with E-state index in [9.17, 15) is 4.79 Å². The molecule has 1 N–H and O–H groups in total. The number of hydrogen-bond acceptors (Lipinski definition) is 4. The van der Waals surface area contributed by atoms with Crippen LogP contribution in [0.25, 0.3) is 0 Å². The number of rotatable bonds is 9. The van der Waals surface area contributed by atoms with Gasteiger partial charge >= 0.3 is 6.09 Å². The summed E-state index contributed by atoms with van der Waals surface area (Å²) in [5.41, 5.74) is 1.80. The molecule has 26 heavy (non-hydrogen) atoms. The average Bonchev–Trinajstić information content (AvgIpc) is 2.88. The van der Waals surface area contributed by atoms with Gasteiger partial charge in [0.2, 0.25) is 0 Å². The lowest BCUT2D eigenvalue weighted by atomic mass is 10.2. The molecular formula is C20H33ClN2O3. The Hall–Kier alpha value is -1.30. The predicted molar refractivity (Wildman–Crippen MR) is 108 cm³/mol. The Balaban J connectivity index is 0.00000338. The molecule has 1 aliphatic heterocycles. The summed E-state index contributed by atoms with van der Waals surface area (Å²) < 4.78 is 10.9. The number of likely N-dealkylation sites (tertiary alicyclic amines) is 1. The lowest BCUT2D eigenvalue weighted by Crippen LogP contribution is -2.30. The molecular weight excluding hydrogens is 352 g/mol. The van der Waals surface area contributed by atoms with Crippen LogP contribution in [0.5, 0.6) is 0 Å². The van der Waals surface area contributed by atoms with Gasteiger partial charge in [-0.2, -0.15) is 0 Å². The number of carbonyl (C=O) groups is 1. The fraction of sp³-hybridized carbons (Fsp3) is 0.650. The number of amides is 1. The highest BCUT2D eigenvalue weighted by atomic mass is 35.5. The molecule has 148 valence electrons. The number of carbonyl (C=O) groups excluding carboxylic acids is 1. The van der Waals surface area contributed by atoms with Gasteiger partial charge in [-0.3, -0.25) is 10.2 Å². The van der Waals surface area contributed by atoms with E-state index < -0.39 is 0 Å². The topological polar surface area (TPSA) is 50.8 Å². The largest absolute Gasteiger partial charge is 0.448 e. The first-order valence-corrected chi connectivity index (χ1v) is 9.60. The van der Waals surface area contributed by atoms with Crippen molar-refractivity contribution in [3.8, 4) is 0 Å². The second-order valence-electron chi connectivity index (χ2n) is 6.62. The zero-order chi connectivity index (χ0) is 17.7. The van der Waals surface area contributed by atoms with Crippen LogP contribution in [0.3, 0.4) is 0 Å². The van der Waals surface area contributed by atoms with Gasteiger partial charge in [0.15, 0.2) is 0 Å². The minimum absolute atomic E-state index is 0. The summed E-state index contributed by atoms with van der Waals surface area (Å²) in [6, 6.07) is 7.72. The van der Waals surface area contributed by atoms with Crippen LogP contribution in [-0.2, 0) is 16.1 Å². The molecule has 1 amide bonds. The van der Waals surface area contributed by atoms with Crippen molar-refractivity contribution in [1.29, 1.82) is 0 Å². The smallest absolute Gasteiger partial charge is 0.411 e. The van der Waals surface area contributed by atoms with Gasteiger partial charge in [0, 0.05) is 18.8 Å². The van der Waals surface area contributed by atoms with Crippen molar-refractivity contribution in [1.82, 2.24) is 4.90 Å². The van der Waals surface area contributed by atoms with E-state index >= 15 is 0 Å². The van der Waals surface area contributed by atoms with Crippen LogP contribution in [0.15, 0.2) is 24.3 Å². The maximum Gasteiger partial charge on any atom is 0.411 e. The van der Waals surface area contributed by atoms with Gasteiger partial charge in [0.05, 0.1) is 6.61 Å². The van der Waals surface area contributed by atoms with Crippen molar-refractivity contribution < 1.29 is 14.3 Å². The fourth-order valence-corrected chi connectivity index (χ4v) is 2.96. The van der Waals surface area contributed by atoms with Gasteiger partial charge < -0.3 is 9.47 Å². The van der Waals surface area contributed by atoms with Gasteiger partial charge in [-0.15, -0.1) is 12.4 Å². The molecule has 1 heterocycles. The van der Waals surface area contributed by atoms with Crippen molar-refractivity contribution in [3.63, 3.8) is 0 Å². The molecule has 6 heteroatoms. The number of ether oxygens (including phenoxy) is 2. The molecule has 1 fully saturated rings. The molecule has 0 aliphatic carbocycles. The molecule has 0 unspecified atom stereocenters. The van der Waals surface area contributed by atoms with Crippen molar-refractivity contribution in [3.05, 3.63) is 29.8 Å². The Morgan fingerprint density at radius 1 is 1.15 bits per heavy atom. The van der Waals surface area contributed by atoms with E-state index in [0.29, 0.717) is 13.2 Å². The number of nitrogens with one attached hydrogen (secondary N) is 1. The highest BCUT2D eigenvalue weighted by Crippen LogP contribution is 2.13. The highest BCUT2D eigenvalue weighted by molar-refractivity contribution is 5.85. The van der Waals surface area contributed by atoms with E-state index in [1.807, 2.05) is 24.3 Å². The van der Waals surface area contributed by atoms with E-state index in [2.05, 4.69) is 17.1 Å². The first-order valence-electron chi connectivity index (χ1n) is 9.60. The lowest BCUT2D eigenvalue weighted by Gasteiger charge is -2.19. The normalized spacial score (nSPS) is 15.0. The van der Waals surface area contributed by atoms with E-state index in [1.54, 1.807) is 0 Å². The van der Waals surface area contributed by atoms with E-state index in [-0.39, 0.29) is 18.5 Å². The third kappa shape index (κ3) is 9.41. The molecule has 1 aromatic rings. The molecule has 1 saturated heterocycles. The zero-order valence-electron chi connectivity index (χ0n) is 15.9. The van der Waals surface area contributed by atoms with Crippen LogP contribution in [0, 0.1) is 0 Å². The van der Waals surface area contributed by atoms with E-state index in [1.165, 1.54) is 25.7 Å². The third-order valence-corrected chi connectivity index (χ3v) is 4.42. The number of hydrogen-bond donors (Lipinski definition) is 1. The van der Waals surface area contributed by atoms with Gasteiger partial charge in [0.25, 0.3) is 0 Å². The van der Waals surface area contributed by atoms with E-state index in [0.717, 1.165) is 50.3 Å². The van der Waals surface area contributed by atoms with Gasteiger partial charge in [-0.05, 0) is 50.0 Å². The summed E-state index contributed by atoms with van der Waals surface area (Å²) in [7, 11) is 0. The van der Waals surface area contributed by atoms with Crippen LogP contribution in [0.2, 0.25) is 0 Å². The van der Waals surface area contributed by atoms with Gasteiger partial charge in [-0.25, -0.2) is 4.79 Å². The Kier molecular flexibility index (Phi) is 12.1. The summed E-state index contributed by atoms with van der Waals surface area (Å²) in [5.74, 6) is 0. The second-order valence-corrected chi connectivity index (χ2v) is 6.62. The molecule has 5 nitrogen and oxygen atoms in total. The van der Waals surface area contributed by atoms with Crippen molar-refractivity contribution in [2.75, 3.05) is 38.2 Å². The summed E-state index contributed by atoms with van der Waals surface area (Å²) in [6.45, 7) is 6.97. The second kappa shape index (κ2) is 13.8. The van der Waals surface area contributed by atoms with Gasteiger partial charge in [-0.1, -0.05) is 38.3 Å². The molecule has 0 atom stereocenters. The molecule has 0 radical (unpaired) electrons. The first-order chi connectivity index (χ1) is 12.3. The molecule has 1 aliphatic rings. The minimum Gasteiger partial charge on any atom is -0.448 e. The monoisotopic (exact) mass is 384 g/mol. The maximum atomic E-state index is 11.9. The highest BCUT2D eigenvalue weighted by Gasteiger charge is 2.10. The summed E-state index contributed by atoms with van der Waals surface area (Å²) in [5, 5.41) is 2.80. The molecule has 0 aromatic heterocycles. The molecule has 2 rings (SSSR count). The Labute approximate surface area is 163 Å². The number of nitrogens with zero attached hydrogens (tertiary/aromatic N) is 1. The number of anilines is 1. The Morgan fingerprint density at radius 2 is 1.92 bits per heavy atom. The summed E-state index contributed by atoms with van der Waals surface area (Å²) >= 11 is 0. The van der Waals surface area contributed by atoms with Crippen LogP contribution in [0.1, 0.15) is 51.0 Å². The van der Waals surface area contributed by atoms with Crippen molar-refractivity contribution in [2.24, 2.45) is 0 Å². The molecule has 0 saturated carbocycles. The van der Waals surface area contributed by atoms with E-state index in [4.69, 9.17) is 9.47 Å². The quantitative estimate of drug-likeness (QED) is 0.618. The minimum atomic E-state index is -0.390. The first kappa shape index (κ1) is 22.7. The van der Waals surface area contributed by atoms with Crippen LogP contribution < -0.4 is 5.32 Å². The average molecular weight is 385 g/mol. The molecule has 1 aromatic carbocycles. The SMILES string of the molecule is CCCCOCc1cccc(NC(=O)OCCN2CCCCCC2)c1.Cl. The number of unbranched alkanes of at least 4 members (excludes halogenated alkanes) is 1. The standard InChI is InChI=1S/C20H32N2O3.ClH/c1-2-3-14-24-17-18-9-8-10-19(16-18)21-20(23)25-15-13-22-11-6-4-5-7-12-22;/h8-10,16H,2-7,11-15,17H2,1H3,(H,21,23);1H. The lowest BCUT2D eigenvalue weighted by molar-refractivity contribution is 0.118. The number of benzene rings is 1. The van der Waals surface area contributed by atoms with Crippen molar-refractivity contribution in [2.45, 2.75) is 52.1 Å². The summed E-state index contributed by atoms with van der Waals surface area (Å²) in [6.07, 6.45) is 6.94. The predicted octanol–water partition coefficient (Wildman–Crippen LogP) is 4.85. The maximum absolute atomic E-state index is 11.9. The third-order valence-electron chi connectivity index (χ3n) is 4.42. The van der Waals surface area contributed by atoms with Gasteiger partial charge in [0.1, 0.15) is 6.61 Å². The van der Waals surface area contributed by atoms with Crippen LogP contribution in [0.4, 0.5) is 10.5 Å². The van der Waals surface area contributed by atoms with Crippen molar-refractivity contribution >= 4 is 24.2 Å². The fourth-order valence-electron chi connectivity index (χ4n) is 2.96. The molecule has 0 bridgehead atoms. The summed E-state index contributed by atoms with van der Waals surface area (Å²) in [4.78, 5) is 14.3.